The maximum absolute atomic E-state index is 13.8. The van der Waals surface area contributed by atoms with E-state index in [1.165, 1.54) is 36.5 Å². The number of likely N-dealkylation sites (tertiary alicyclic amines) is 1. The summed E-state index contributed by atoms with van der Waals surface area (Å²) in [7, 11) is 2.84. The van der Waals surface area contributed by atoms with Crippen molar-refractivity contribution < 1.29 is 33.8 Å². The number of fused-ring (bicyclic) bond motifs is 3. The second-order valence-electron chi connectivity index (χ2n) is 10.3. The Labute approximate surface area is 229 Å². The van der Waals surface area contributed by atoms with Crippen molar-refractivity contribution in [3.8, 4) is 17.2 Å². The van der Waals surface area contributed by atoms with E-state index in [4.69, 9.17) is 9.47 Å². The normalized spacial score (nSPS) is 26.2. The molecule has 1 saturated heterocycles. The number of ketones is 2. The van der Waals surface area contributed by atoms with Gasteiger partial charge in [-0.25, -0.2) is 0 Å². The number of hydrogen-bond acceptors (Lipinski definition) is 8. The Morgan fingerprint density at radius 1 is 1.05 bits per heavy atom. The van der Waals surface area contributed by atoms with Crippen molar-refractivity contribution in [2.45, 2.75) is 32.2 Å². The molecule has 39 heavy (non-hydrogen) atoms. The topological polar surface area (TPSA) is 110 Å². The quantitative estimate of drug-likeness (QED) is 0.342. The SMILES string of the molecule is COc1cc([C@H]2C3=CC[C@@H]4C(=O)N(Cc5cccs5)C(=O)[C@@H]4[C@@H]3CC3=C2C(=O)C=C(C)C3=O)cc(OC)c1O. The first kappa shape index (κ1) is 25.3. The zero-order valence-corrected chi connectivity index (χ0v) is 22.5. The molecule has 1 aromatic heterocycles. The van der Waals surface area contributed by atoms with Crippen LogP contribution in [0.3, 0.4) is 0 Å². The number of allylic oxidation sites excluding steroid dienone is 6. The molecule has 0 radical (unpaired) electrons. The lowest BCUT2D eigenvalue weighted by molar-refractivity contribution is -0.140. The summed E-state index contributed by atoms with van der Waals surface area (Å²) in [5.41, 5.74) is 2.54. The van der Waals surface area contributed by atoms with Crippen LogP contribution < -0.4 is 9.47 Å². The van der Waals surface area contributed by atoms with Crippen LogP contribution in [0.5, 0.6) is 17.2 Å². The number of aromatic hydroxyl groups is 1. The van der Waals surface area contributed by atoms with Crippen LogP contribution in [0.4, 0.5) is 0 Å². The van der Waals surface area contributed by atoms with E-state index in [0.29, 0.717) is 28.7 Å². The molecule has 2 amide bonds. The van der Waals surface area contributed by atoms with Crippen molar-refractivity contribution in [1.82, 2.24) is 4.90 Å². The molecular weight excluding hydrogens is 518 g/mol. The van der Waals surface area contributed by atoms with E-state index >= 15 is 0 Å². The van der Waals surface area contributed by atoms with Gasteiger partial charge in [-0.15, -0.1) is 11.3 Å². The molecule has 200 valence electrons. The predicted octanol–water partition coefficient (Wildman–Crippen LogP) is 4.10. The highest BCUT2D eigenvalue weighted by Gasteiger charge is 2.56. The van der Waals surface area contributed by atoms with E-state index in [2.05, 4.69) is 0 Å². The summed E-state index contributed by atoms with van der Waals surface area (Å²) in [6.07, 6.45) is 3.91. The summed E-state index contributed by atoms with van der Waals surface area (Å²) in [4.78, 5) is 56.4. The first-order valence-electron chi connectivity index (χ1n) is 12.8. The molecule has 0 spiro atoms. The molecule has 2 heterocycles. The third-order valence-electron chi connectivity index (χ3n) is 8.38. The van der Waals surface area contributed by atoms with E-state index in [1.807, 2.05) is 23.6 Å². The molecule has 4 atom stereocenters. The molecule has 0 saturated carbocycles. The Morgan fingerprint density at radius 3 is 2.41 bits per heavy atom. The Bertz CT molecular complexity index is 1510. The molecular formula is C30H27NO7S. The summed E-state index contributed by atoms with van der Waals surface area (Å²) < 4.78 is 10.8. The third-order valence-corrected chi connectivity index (χ3v) is 9.24. The number of rotatable bonds is 5. The van der Waals surface area contributed by atoms with Gasteiger partial charge in [-0.2, -0.15) is 0 Å². The van der Waals surface area contributed by atoms with Crippen molar-refractivity contribution in [2.24, 2.45) is 17.8 Å². The van der Waals surface area contributed by atoms with Crippen LogP contribution in [0.15, 0.2) is 64.1 Å². The minimum absolute atomic E-state index is 0.165. The second-order valence-corrected chi connectivity index (χ2v) is 11.4. The van der Waals surface area contributed by atoms with Crippen LogP contribution in [0.2, 0.25) is 0 Å². The third kappa shape index (κ3) is 3.78. The fourth-order valence-electron chi connectivity index (χ4n) is 6.62. The highest BCUT2D eigenvalue weighted by molar-refractivity contribution is 7.09. The molecule has 1 aromatic carbocycles. The van der Waals surface area contributed by atoms with Crippen LogP contribution in [-0.4, -0.2) is 47.6 Å². The van der Waals surface area contributed by atoms with Gasteiger partial charge in [0.2, 0.25) is 17.6 Å². The van der Waals surface area contributed by atoms with Crippen molar-refractivity contribution in [3.63, 3.8) is 0 Å². The molecule has 2 aromatic rings. The Balaban J connectivity index is 1.49. The molecule has 1 N–H and O–H groups in total. The Hall–Kier alpha value is -3.98. The Morgan fingerprint density at radius 2 is 1.77 bits per heavy atom. The maximum Gasteiger partial charge on any atom is 0.234 e. The van der Waals surface area contributed by atoms with Gasteiger partial charge >= 0.3 is 0 Å². The summed E-state index contributed by atoms with van der Waals surface area (Å²) in [5, 5.41) is 12.4. The van der Waals surface area contributed by atoms with Crippen molar-refractivity contribution in [2.75, 3.05) is 14.2 Å². The fourth-order valence-corrected chi connectivity index (χ4v) is 7.31. The van der Waals surface area contributed by atoms with Gasteiger partial charge < -0.3 is 14.6 Å². The molecule has 6 rings (SSSR count). The number of benzene rings is 1. The minimum Gasteiger partial charge on any atom is -0.502 e. The molecule has 0 bridgehead atoms. The molecule has 4 aliphatic rings. The number of Topliss-reactive ketones (excluding diaryl/α,β-unsaturated/α-hetero) is 1. The first-order valence-corrected chi connectivity index (χ1v) is 13.7. The Kier molecular flexibility index (Phi) is 6.06. The van der Waals surface area contributed by atoms with Crippen LogP contribution in [0.1, 0.15) is 36.1 Å². The van der Waals surface area contributed by atoms with Gasteiger partial charge in [-0.3, -0.25) is 24.1 Å². The highest BCUT2D eigenvalue weighted by Crippen LogP contribution is 2.56. The van der Waals surface area contributed by atoms with Crippen LogP contribution in [0.25, 0.3) is 0 Å². The second kappa shape index (κ2) is 9.34. The first-order chi connectivity index (χ1) is 18.7. The predicted molar refractivity (Wildman–Crippen MR) is 142 cm³/mol. The van der Waals surface area contributed by atoms with Gasteiger partial charge in [-0.05, 0) is 60.9 Å². The van der Waals surface area contributed by atoms with Crippen molar-refractivity contribution in [3.05, 3.63) is 74.5 Å². The number of amides is 2. The van der Waals surface area contributed by atoms with E-state index in [1.54, 1.807) is 19.1 Å². The number of imide groups is 1. The smallest absolute Gasteiger partial charge is 0.234 e. The monoisotopic (exact) mass is 545 g/mol. The van der Waals surface area contributed by atoms with E-state index < -0.39 is 23.7 Å². The van der Waals surface area contributed by atoms with Crippen LogP contribution >= 0.6 is 11.3 Å². The van der Waals surface area contributed by atoms with E-state index in [9.17, 15) is 24.3 Å². The molecule has 1 aliphatic heterocycles. The minimum atomic E-state index is -0.654. The van der Waals surface area contributed by atoms with Gasteiger partial charge in [0, 0.05) is 27.5 Å². The number of carbonyl (C=O) groups is 4. The van der Waals surface area contributed by atoms with Gasteiger partial charge in [0.1, 0.15) is 0 Å². The number of thiophene rings is 1. The zero-order chi connectivity index (χ0) is 27.6. The number of carbonyl (C=O) groups excluding carboxylic acids is 4. The lowest BCUT2D eigenvalue weighted by Gasteiger charge is -2.42. The number of phenolic OH excluding ortho intramolecular Hbond substituents is 1. The largest absolute Gasteiger partial charge is 0.502 e. The lowest BCUT2D eigenvalue weighted by Crippen LogP contribution is -2.39. The average Bonchev–Trinajstić information content (AvgIpc) is 3.53. The van der Waals surface area contributed by atoms with Crippen molar-refractivity contribution >= 4 is 34.7 Å². The fraction of sp³-hybridized carbons (Fsp3) is 0.333. The maximum atomic E-state index is 13.8. The molecule has 1 fully saturated rings. The summed E-state index contributed by atoms with van der Waals surface area (Å²) >= 11 is 1.49. The summed E-state index contributed by atoms with van der Waals surface area (Å²) in [5.74, 6) is -2.97. The number of hydrogen-bond donors (Lipinski definition) is 1. The van der Waals surface area contributed by atoms with Gasteiger partial charge in [0.25, 0.3) is 0 Å². The van der Waals surface area contributed by atoms with Crippen LogP contribution in [0, 0.1) is 17.8 Å². The lowest BCUT2D eigenvalue weighted by atomic mass is 9.59. The number of nitrogens with zero attached hydrogens (tertiary/aromatic N) is 1. The molecule has 0 unspecified atom stereocenters. The van der Waals surface area contributed by atoms with Crippen molar-refractivity contribution in [1.29, 1.82) is 0 Å². The summed E-state index contributed by atoms with van der Waals surface area (Å²) in [6, 6.07) is 7.06. The zero-order valence-electron chi connectivity index (χ0n) is 21.7. The van der Waals surface area contributed by atoms with Crippen LogP contribution in [-0.2, 0) is 25.7 Å². The van der Waals surface area contributed by atoms with Gasteiger partial charge in [0.05, 0.1) is 32.6 Å². The van der Waals surface area contributed by atoms with Gasteiger partial charge in [0.15, 0.2) is 23.1 Å². The van der Waals surface area contributed by atoms with Gasteiger partial charge in [-0.1, -0.05) is 17.7 Å². The number of phenols is 1. The standard InChI is InChI=1S/C30H27NO7S/c1-14-9-21(32)26-20(27(14)33)12-19-17(24(26)15-10-22(37-2)28(34)23(11-15)38-3)6-7-18-25(19)30(36)31(29(18)35)13-16-5-4-8-39-16/h4-6,8-11,18-19,24-25,34H,7,12-13H2,1-3H3/t18-,19+,24-,25-/m0/s1. The van der Waals surface area contributed by atoms with E-state index in [-0.39, 0.29) is 53.6 Å². The summed E-state index contributed by atoms with van der Waals surface area (Å²) in [6.45, 7) is 1.85. The average molecular weight is 546 g/mol. The molecule has 3 aliphatic carbocycles. The number of ether oxygens (including phenoxy) is 2. The number of methoxy groups -OCH3 is 2. The highest BCUT2D eigenvalue weighted by atomic mass is 32.1. The molecule has 8 nitrogen and oxygen atoms in total. The van der Waals surface area contributed by atoms with E-state index in [0.717, 1.165) is 10.5 Å². The molecule has 9 heteroatoms.